The van der Waals surface area contributed by atoms with E-state index in [2.05, 4.69) is 10.3 Å². The Balaban J connectivity index is 1.47. The van der Waals surface area contributed by atoms with Crippen LogP contribution in [-0.2, 0) is 24.4 Å². The van der Waals surface area contributed by atoms with Crippen LogP contribution in [0.5, 0.6) is 5.75 Å². The van der Waals surface area contributed by atoms with Gasteiger partial charge < -0.3 is 10.1 Å². The van der Waals surface area contributed by atoms with Crippen LogP contribution in [0.3, 0.4) is 0 Å². The van der Waals surface area contributed by atoms with Crippen LogP contribution in [0.4, 0.5) is 0 Å². The number of rotatable bonds is 7. The fourth-order valence-corrected chi connectivity index (χ4v) is 3.09. The van der Waals surface area contributed by atoms with E-state index < -0.39 is 0 Å². The molecule has 0 bridgehead atoms. The molecule has 1 aromatic heterocycles. The Labute approximate surface area is 151 Å². The van der Waals surface area contributed by atoms with Gasteiger partial charge in [-0.25, -0.2) is 4.98 Å². The summed E-state index contributed by atoms with van der Waals surface area (Å²) in [5, 5.41) is 5.73. The molecule has 128 valence electrons. The first-order chi connectivity index (χ1) is 12.2. The van der Waals surface area contributed by atoms with E-state index in [0.717, 1.165) is 22.0 Å². The van der Waals surface area contributed by atoms with E-state index in [9.17, 15) is 4.79 Å². The molecule has 0 saturated carbocycles. The molecule has 0 unspecified atom stereocenters. The summed E-state index contributed by atoms with van der Waals surface area (Å²) >= 11 is 1.51. The minimum Gasteiger partial charge on any atom is -0.486 e. The van der Waals surface area contributed by atoms with Gasteiger partial charge in [0, 0.05) is 11.9 Å². The van der Waals surface area contributed by atoms with Crippen LogP contribution in [0, 0.1) is 6.92 Å². The Morgan fingerprint density at radius 2 is 1.88 bits per heavy atom. The second-order valence-corrected chi connectivity index (χ2v) is 6.66. The molecule has 3 rings (SSSR count). The Morgan fingerprint density at radius 1 is 1.12 bits per heavy atom. The SMILES string of the molecule is Cc1ccccc1CNC(=O)Cc1csc(COc2ccccc2)n1. The number of para-hydroxylation sites is 1. The molecular formula is C20H20N2O2S. The number of thiazole rings is 1. The second-order valence-electron chi connectivity index (χ2n) is 5.71. The number of carbonyl (C=O) groups excluding carboxylic acids is 1. The van der Waals surface area contributed by atoms with E-state index in [1.165, 1.54) is 16.9 Å². The maximum atomic E-state index is 12.1. The first-order valence-corrected chi connectivity index (χ1v) is 9.01. The fraction of sp³-hybridized carbons (Fsp3) is 0.200. The summed E-state index contributed by atoms with van der Waals surface area (Å²) in [5.41, 5.74) is 3.09. The van der Waals surface area contributed by atoms with E-state index >= 15 is 0 Å². The molecular weight excluding hydrogens is 332 g/mol. The number of nitrogens with zero attached hydrogens (tertiary/aromatic N) is 1. The van der Waals surface area contributed by atoms with E-state index in [0.29, 0.717) is 13.2 Å². The highest BCUT2D eigenvalue weighted by atomic mass is 32.1. The lowest BCUT2D eigenvalue weighted by Gasteiger charge is -2.07. The Bertz CT molecular complexity index is 830. The fourth-order valence-electron chi connectivity index (χ4n) is 2.39. The lowest BCUT2D eigenvalue weighted by atomic mass is 10.1. The van der Waals surface area contributed by atoms with E-state index in [4.69, 9.17) is 4.74 Å². The zero-order valence-electron chi connectivity index (χ0n) is 14.1. The summed E-state index contributed by atoms with van der Waals surface area (Å²) in [6.45, 7) is 3.00. The molecule has 0 spiro atoms. The highest BCUT2D eigenvalue weighted by Gasteiger charge is 2.09. The van der Waals surface area contributed by atoms with E-state index in [1.807, 2.05) is 66.9 Å². The second kappa shape index (κ2) is 8.44. The minimum absolute atomic E-state index is 0.0240. The summed E-state index contributed by atoms with van der Waals surface area (Å²) in [4.78, 5) is 16.6. The molecule has 25 heavy (non-hydrogen) atoms. The van der Waals surface area contributed by atoms with Crippen LogP contribution in [0.25, 0.3) is 0 Å². The maximum absolute atomic E-state index is 12.1. The van der Waals surface area contributed by atoms with Gasteiger partial charge in [-0.05, 0) is 30.2 Å². The average molecular weight is 352 g/mol. The third kappa shape index (κ3) is 5.16. The number of aryl methyl sites for hydroxylation is 1. The van der Waals surface area contributed by atoms with Crippen molar-refractivity contribution in [1.82, 2.24) is 10.3 Å². The van der Waals surface area contributed by atoms with E-state index in [-0.39, 0.29) is 12.3 Å². The predicted molar refractivity (Wildman–Crippen MR) is 99.6 cm³/mol. The van der Waals surface area contributed by atoms with Crippen molar-refractivity contribution in [2.45, 2.75) is 26.5 Å². The van der Waals surface area contributed by atoms with Crippen LogP contribution in [-0.4, -0.2) is 10.9 Å². The van der Waals surface area contributed by atoms with Crippen LogP contribution in [0.15, 0.2) is 60.0 Å². The standard InChI is InChI=1S/C20H20N2O2S/c1-15-7-5-6-8-16(15)12-21-19(23)11-17-14-25-20(22-17)13-24-18-9-3-2-4-10-18/h2-10,14H,11-13H2,1H3,(H,21,23). The van der Waals surface area contributed by atoms with Crippen molar-refractivity contribution in [1.29, 1.82) is 0 Å². The maximum Gasteiger partial charge on any atom is 0.226 e. The summed E-state index contributed by atoms with van der Waals surface area (Å²) in [5.74, 6) is 0.791. The molecule has 3 aromatic rings. The monoisotopic (exact) mass is 352 g/mol. The van der Waals surface area contributed by atoms with Crippen molar-refractivity contribution in [2.24, 2.45) is 0 Å². The number of benzene rings is 2. The van der Waals surface area contributed by atoms with Gasteiger partial charge in [-0.3, -0.25) is 4.79 Å². The number of ether oxygens (including phenoxy) is 1. The third-order valence-electron chi connectivity index (χ3n) is 3.78. The van der Waals surface area contributed by atoms with Gasteiger partial charge in [0.25, 0.3) is 0 Å². The van der Waals surface area contributed by atoms with Crippen molar-refractivity contribution in [2.75, 3.05) is 0 Å². The number of nitrogens with one attached hydrogen (secondary N) is 1. The molecule has 1 amide bonds. The zero-order valence-corrected chi connectivity index (χ0v) is 14.9. The molecule has 0 aliphatic rings. The first kappa shape index (κ1) is 17.2. The molecule has 5 heteroatoms. The smallest absolute Gasteiger partial charge is 0.226 e. The average Bonchev–Trinajstić information content (AvgIpc) is 3.07. The Hall–Kier alpha value is -2.66. The van der Waals surface area contributed by atoms with Crippen LogP contribution in [0.1, 0.15) is 21.8 Å². The number of hydrogen-bond donors (Lipinski definition) is 1. The topological polar surface area (TPSA) is 51.2 Å². The molecule has 4 nitrogen and oxygen atoms in total. The van der Waals surface area contributed by atoms with Crippen molar-refractivity contribution >= 4 is 17.2 Å². The van der Waals surface area contributed by atoms with Gasteiger partial charge in [-0.1, -0.05) is 42.5 Å². The number of aromatic nitrogens is 1. The largest absolute Gasteiger partial charge is 0.486 e. The number of amides is 1. The third-order valence-corrected chi connectivity index (χ3v) is 4.65. The highest BCUT2D eigenvalue weighted by Crippen LogP contribution is 2.15. The van der Waals surface area contributed by atoms with Crippen molar-refractivity contribution < 1.29 is 9.53 Å². The van der Waals surface area contributed by atoms with Crippen molar-refractivity contribution in [3.63, 3.8) is 0 Å². The predicted octanol–water partition coefficient (Wildman–Crippen LogP) is 3.89. The normalized spacial score (nSPS) is 10.4. The van der Waals surface area contributed by atoms with Gasteiger partial charge in [0.2, 0.25) is 5.91 Å². The van der Waals surface area contributed by atoms with Gasteiger partial charge in [-0.2, -0.15) is 0 Å². The van der Waals surface area contributed by atoms with Gasteiger partial charge in [-0.15, -0.1) is 11.3 Å². The molecule has 0 aliphatic carbocycles. The summed E-state index contributed by atoms with van der Waals surface area (Å²) in [7, 11) is 0. The summed E-state index contributed by atoms with van der Waals surface area (Å²) < 4.78 is 5.68. The molecule has 0 saturated heterocycles. The van der Waals surface area contributed by atoms with Gasteiger partial charge >= 0.3 is 0 Å². The van der Waals surface area contributed by atoms with Crippen molar-refractivity contribution in [3.8, 4) is 5.75 Å². The van der Waals surface area contributed by atoms with Crippen LogP contribution in [0.2, 0.25) is 0 Å². The Kier molecular flexibility index (Phi) is 5.80. The zero-order chi connectivity index (χ0) is 17.5. The highest BCUT2D eigenvalue weighted by molar-refractivity contribution is 7.09. The van der Waals surface area contributed by atoms with Crippen LogP contribution < -0.4 is 10.1 Å². The summed E-state index contributed by atoms with van der Waals surface area (Å²) in [6, 6.07) is 17.7. The summed E-state index contributed by atoms with van der Waals surface area (Å²) in [6.07, 6.45) is 0.285. The molecule has 1 heterocycles. The molecule has 0 atom stereocenters. The molecule has 0 radical (unpaired) electrons. The van der Waals surface area contributed by atoms with Gasteiger partial charge in [0.05, 0.1) is 12.1 Å². The lowest BCUT2D eigenvalue weighted by Crippen LogP contribution is -2.25. The van der Waals surface area contributed by atoms with Crippen molar-refractivity contribution in [3.05, 3.63) is 81.8 Å². The number of hydrogen-bond acceptors (Lipinski definition) is 4. The van der Waals surface area contributed by atoms with Gasteiger partial charge in [0.15, 0.2) is 0 Å². The molecule has 2 aromatic carbocycles. The quantitative estimate of drug-likeness (QED) is 0.702. The first-order valence-electron chi connectivity index (χ1n) is 8.13. The van der Waals surface area contributed by atoms with E-state index in [1.54, 1.807) is 0 Å². The minimum atomic E-state index is -0.0240. The molecule has 1 N–H and O–H groups in total. The van der Waals surface area contributed by atoms with Crippen LogP contribution >= 0.6 is 11.3 Å². The number of carbonyl (C=O) groups is 1. The lowest BCUT2D eigenvalue weighted by molar-refractivity contribution is -0.120. The molecule has 0 fully saturated rings. The molecule has 0 aliphatic heterocycles. The van der Waals surface area contributed by atoms with Gasteiger partial charge in [0.1, 0.15) is 17.4 Å². The Morgan fingerprint density at radius 3 is 2.68 bits per heavy atom.